The van der Waals surface area contributed by atoms with Gasteiger partial charge >= 0.3 is 5.97 Å². The van der Waals surface area contributed by atoms with Crippen molar-refractivity contribution in [3.05, 3.63) is 112 Å². The van der Waals surface area contributed by atoms with Gasteiger partial charge in [0.2, 0.25) is 0 Å². The van der Waals surface area contributed by atoms with Crippen molar-refractivity contribution in [1.82, 2.24) is 4.90 Å². The molecule has 0 unspecified atom stereocenters. The van der Waals surface area contributed by atoms with Crippen LogP contribution in [-0.4, -0.2) is 33.6 Å². The second-order valence-corrected chi connectivity index (χ2v) is 9.97. The topological polar surface area (TPSA) is 79.2 Å². The number of benzene rings is 4. The van der Waals surface area contributed by atoms with Gasteiger partial charge in [-0.15, -0.1) is 0 Å². The number of halogens is 1. The van der Waals surface area contributed by atoms with Gasteiger partial charge < -0.3 is 9.84 Å². The van der Waals surface area contributed by atoms with Gasteiger partial charge in [0.1, 0.15) is 12.4 Å². The van der Waals surface area contributed by atoms with Gasteiger partial charge in [-0.05, 0) is 83.6 Å². The molecule has 0 bridgehead atoms. The molecule has 0 aliphatic carbocycles. The zero-order valence-electron chi connectivity index (χ0n) is 20.4. The van der Waals surface area contributed by atoms with E-state index < -0.39 is 5.97 Å². The number of hydrogen-bond acceptors (Lipinski definition) is 5. The number of aliphatic imine (C=N–C) groups is 1. The number of thioether (sulfide) groups is 1. The number of carbonyl (C=O) groups excluding carboxylic acids is 1. The Morgan fingerprint density at radius 1 is 1.03 bits per heavy atom. The summed E-state index contributed by atoms with van der Waals surface area (Å²) in [6.45, 7) is 2.70. The van der Waals surface area contributed by atoms with E-state index in [-0.39, 0.29) is 11.5 Å². The molecule has 4 aromatic rings. The number of fused-ring (bicyclic) bond motifs is 1. The van der Waals surface area contributed by atoms with E-state index in [2.05, 4.69) is 4.99 Å². The zero-order valence-corrected chi connectivity index (χ0v) is 22.0. The van der Waals surface area contributed by atoms with Gasteiger partial charge in [-0.1, -0.05) is 54.1 Å². The fourth-order valence-electron chi connectivity index (χ4n) is 4.08. The van der Waals surface area contributed by atoms with E-state index in [0.717, 1.165) is 21.9 Å². The molecule has 8 heteroatoms. The van der Waals surface area contributed by atoms with E-state index in [4.69, 9.17) is 21.4 Å². The molecule has 38 heavy (non-hydrogen) atoms. The van der Waals surface area contributed by atoms with Crippen molar-refractivity contribution < 1.29 is 19.4 Å². The van der Waals surface area contributed by atoms with Gasteiger partial charge in [-0.25, -0.2) is 9.79 Å². The van der Waals surface area contributed by atoms with Crippen LogP contribution in [0.25, 0.3) is 16.8 Å². The number of amidine groups is 1. The molecule has 190 valence electrons. The minimum atomic E-state index is -1.00. The fourth-order valence-corrected chi connectivity index (χ4v) is 5.25. The lowest BCUT2D eigenvalue weighted by atomic mass is 10.0. The summed E-state index contributed by atoms with van der Waals surface area (Å²) in [6.07, 6.45) is 1.87. The van der Waals surface area contributed by atoms with Crippen molar-refractivity contribution >= 4 is 62.9 Å². The van der Waals surface area contributed by atoms with Crippen LogP contribution in [-0.2, 0) is 11.4 Å². The second-order valence-electron chi connectivity index (χ2n) is 8.52. The van der Waals surface area contributed by atoms with E-state index in [9.17, 15) is 9.59 Å². The number of carboxylic acids is 1. The first-order valence-corrected chi connectivity index (χ1v) is 13.1. The highest BCUT2D eigenvalue weighted by molar-refractivity contribution is 8.18. The first-order valence-electron chi connectivity index (χ1n) is 12.0. The van der Waals surface area contributed by atoms with Crippen molar-refractivity contribution in [3.8, 4) is 5.75 Å². The predicted octanol–water partition coefficient (Wildman–Crippen LogP) is 7.39. The Kier molecular flexibility index (Phi) is 7.49. The van der Waals surface area contributed by atoms with E-state index in [1.165, 1.54) is 23.9 Å². The number of hydrogen-bond donors (Lipinski definition) is 1. The van der Waals surface area contributed by atoms with E-state index in [1.807, 2.05) is 73.7 Å². The SMILES string of the molecule is CCN1C(=O)/C(=C\c2c(OCc3ccc(Cl)cc3)ccc3ccccc23)SC1=Nc1ccc(C(=O)O)cc1. The van der Waals surface area contributed by atoms with Crippen LogP contribution in [0.15, 0.2) is 94.8 Å². The van der Waals surface area contributed by atoms with Crippen molar-refractivity contribution in [2.24, 2.45) is 4.99 Å². The van der Waals surface area contributed by atoms with Crippen LogP contribution in [0.1, 0.15) is 28.4 Å². The molecule has 6 nitrogen and oxygen atoms in total. The number of nitrogens with zero attached hydrogens (tertiary/aromatic N) is 2. The lowest BCUT2D eigenvalue weighted by molar-refractivity contribution is -0.122. The lowest BCUT2D eigenvalue weighted by Gasteiger charge is -2.13. The highest BCUT2D eigenvalue weighted by Gasteiger charge is 2.32. The van der Waals surface area contributed by atoms with Gasteiger partial charge in [0.15, 0.2) is 5.17 Å². The van der Waals surface area contributed by atoms with Gasteiger partial charge in [-0.2, -0.15) is 0 Å². The predicted molar refractivity (Wildman–Crippen MR) is 153 cm³/mol. The molecular formula is C30H23ClN2O4S. The minimum absolute atomic E-state index is 0.144. The number of aromatic carboxylic acids is 1. The Morgan fingerprint density at radius 2 is 1.76 bits per heavy atom. The Morgan fingerprint density at radius 3 is 2.47 bits per heavy atom. The van der Waals surface area contributed by atoms with Crippen LogP contribution in [0.2, 0.25) is 5.02 Å². The summed E-state index contributed by atoms with van der Waals surface area (Å²) in [5, 5.41) is 12.4. The van der Waals surface area contributed by atoms with Crippen molar-refractivity contribution in [1.29, 1.82) is 0 Å². The third kappa shape index (κ3) is 5.44. The minimum Gasteiger partial charge on any atom is -0.488 e. The van der Waals surface area contributed by atoms with Crippen LogP contribution in [0.4, 0.5) is 5.69 Å². The standard InChI is InChI=1S/C30H23ClN2O4S/c1-2-33-28(34)27(38-30(33)32-23-14-9-21(10-15-23)29(35)36)17-25-24-6-4-3-5-20(24)11-16-26(25)37-18-19-7-12-22(31)13-8-19/h3-17H,2,18H2,1H3,(H,35,36)/b27-17+,32-30?. The van der Waals surface area contributed by atoms with E-state index in [1.54, 1.807) is 17.0 Å². The zero-order chi connectivity index (χ0) is 26.6. The maximum absolute atomic E-state index is 13.4. The van der Waals surface area contributed by atoms with E-state index >= 15 is 0 Å². The monoisotopic (exact) mass is 542 g/mol. The maximum Gasteiger partial charge on any atom is 0.335 e. The Labute approximate surface area is 229 Å². The van der Waals surface area contributed by atoms with Crippen LogP contribution in [0.5, 0.6) is 5.75 Å². The molecule has 1 heterocycles. The number of carboxylic acid groups (broad SMARTS) is 1. The van der Waals surface area contributed by atoms with Crippen LogP contribution in [0.3, 0.4) is 0 Å². The lowest BCUT2D eigenvalue weighted by Crippen LogP contribution is -2.28. The third-order valence-corrected chi connectivity index (χ3v) is 7.32. The summed E-state index contributed by atoms with van der Waals surface area (Å²) in [6, 6.07) is 25.6. The number of likely N-dealkylation sites (N-methyl/N-ethyl adjacent to an activating group) is 1. The summed E-state index contributed by atoms with van der Waals surface area (Å²) in [4.78, 5) is 31.3. The molecule has 0 spiro atoms. The first kappa shape index (κ1) is 25.6. The average molecular weight is 543 g/mol. The summed E-state index contributed by atoms with van der Waals surface area (Å²) >= 11 is 7.30. The maximum atomic E-state index is 13.4. The third-order valence-electron chi connectivity index (χ3n) is 6.06. The summed E-state index contributed by atoms with van der Waals surface area (Å²) in [5.41, 5.74) is 2.55. The average Bonchev–Trinajstić information content (AvgIpc) is 3.22. The molecule has 1 saturated heterocycles. The van der Waals surface area contributed by atoms with Gasteiger partial charge in [0.25, 0.3) is 5.91 Å². The molecule has 1 amide bonds. The molecule has 1 N–H and O–H groups in total. The van der Waals surface area contributed by atoms with Crippen molar-refractivity contribution in [2.75, 3.05) is 6.54 Å². The molecule has 1 aliphatic rings. The smallest absolute Gasteiger partial charge is 0.335 e. The van der Waals surface area contributed by atoms with Crippen molar-refractivity contribution in [2.45, 2.75) is 13.5 Å². The molecule has 0 radical (unpaired) electrons. The molecule has 4 aromatic carbocycles. The van der Waals surface area contributed by atoms with Gasteiger partial charge in [0.05, 0.1) is 16.2 Å². The molecule has 1 aliphatic heterocycles. The summed E-state index contributed by atoms with van der Waals surface area (Å²) < 4.78 is 6.22. The Bertz CT molecular complexity index is 1580. The largest absolute Gasteiger partial charge is 0.488 e. The van der Waals surface area contributed by atoms with E-state index in [0.29, 0.717) is 39.7 Å². The summed E-state index contributed by atoms with van der Waals surface area (Å²) in [5.74, 6) is -0.480. The molecule has 0 saturated carbocycles. The normalized spacial score (nSPS) is 15.5. The van der Waals surface area contributed by atoms with Crippen molar-refractivity contribution in [3.63, 3.8) is 0 Å². The first-order chi connectivity index (χ1) is 18.4. The fraction of sp³-hybridized carbons (Fsp3) is 0.100. The molecule has 5 rings (SSSR count). The molecule has 0 aromatic heterocycles. The van der Waals surface area contributed by atoms with Crippen LogP contribution in [0, 0.1) is 0 Å². The Balaban J connectivity index is 1.50. The Hall–Kier alpha value is -4.07. The summed E-state index contributed by atoms with van der Waals surface area (Å²) in [7, 11) is 0. The van der Waals surface area contributed by atoms with Crippen LogP contribution < -0.4 is 4.74 Å². The molecule has 1 fully saturated rings. The molecule has 0 atom stereocenters. The number of rotatable bonds is 7. The highest BCUT2D eigenvalue weighted by Crippen LogP contribution is 2.38. The van der Waals surface area contributed by atoms with Gasteiger partial charge in [0, 0.05) is 17.1 Å². The number of carbonyl (C=O) groups is 2. The molecular weight excluding hydrogens is 520 g/mol. The highest BCUT2D eigenvalue weighted by atomic mass is 35.5. The number of ether oxygens (including phenoxy) is 1. The second kappa shape index (κ2) is 11.1. The number of amides is 1. The van der Waals surface area contributed by atoms with Gasteiger partial charge in [-0.3, -0.25) is 9.69 Å². The van der Waals surface area contributed by atoms with Crippen LogP contribution >= 0.6 is 23.4 Å². The quantitative estimate of drug-likeness (QED) is 0.246.